The first kappa shape index (κ1) is 45.7. The fraction of sp³-hybridized carbons (Fsp3) is 0.490. The van der Waals surface area contributed by atoms with Crippen LogP contribution in [0.3, 0.4) is 0 Å². The van der Waals surface area contributed by atoms with Crippen molar-refractivity contribution >= 4 is 57.1 Å². The van der Waals surface area contributed by atoms with Crippen LogP contribution < -0.4 is 14.8 Å². The third-order valence-electron chi connectivity index (χ3n) is 13.2. The number of aromatic nitrogens is 1. The van der Waals surface area contributed by atoms with Gasteiger partial charge in [0.25, 0.3) is 0 Å². The first-order valence-electron chi connectivity index (χ1n) is 22.3. The van der Waals surface area contributed by atoms with Gasteiger partial charge in [-0.1, -0.05) is 102 Å². The number of amidine groups is 1. The lowest BCUT2D eigenvalue weighted by Gasteiger charge is -2.36. The summed E-state index contributed by atoms with van der Waals surface area (Å²) in [6.07, 6.45) is 7.16. The van der Waals surface area contributed by atoms with Crippen molar-refractivity contribution in [1.29, 1.82) is 0 Å². The van der Waals surface area contributed by atoms with Gasteiger partial charge in [-0.25, -0.2) is 18.1 Å². The number of ether oxygens (including phenoxy) is 2. The summed E-state index contributed by atoms with van der Waals surface area (Å²) >= 11 is 0. The van der Waals surface area contributed by atoms with Gasteiger partial charge in [0.15, 0.2) is 23.2 Å². The molecule has 2 aromatic carbocycles. The monoisotopic (exact) mass is 879 g/mol. The second kappa shape index (κ2) is 18.8. The maximum atomic E-state index is 14.4. The van der Waals surface area contributed by atoms with Crippen molar-refractivity contribution in [2.75, 3.05) is 18.1 Å². The van der Waals surface area contributed by atoms with Crippen molar-refractivity contribution in [3.05, 3.63) is 83.4 Å². The molecule has 5 atom stereocenters. The maximum absolute atomic E-state index is 14.4. The lowest BCUT2D eigenvalue weighted by Crippen LogP contribution is -2.41. The molecule has 0 spiro atoms. The Balaban J connectivity index is 1.43. The van der Waals surface area contributed by atoms with Crippen LogP contribution in [0.1, 0.15) is 98.2 Å². The highest BCUT2D eigenvalue weighted by Gasteiger charge is 2.43. The molecule has 5 unspecified atom stereocenters. The smallest absolute Gasteiger partial charge is 0.315 e. The van der Waals surface area contributed by atoms with E-state index in [-0.39, 0.29) is 64.6 Å². The van der Waals surface area contributed by atoms with Crippen molar-refractivity contribution in [3.63, 3.8) is 0 Å². The second-order valence-corrected chi connectivity index (χ2v) is 20.5. The average molecular weight is 880 g/mol. The number of allylic oxidation sites excluding steroid dienone is 1. The summed E-state index contributed by atoms with van der Waals surface area (Å²) in [6, 6.07) is 17.5. The van der Waals surface area contributed by atoms with Gasteiger partial charge in [-0.15, -0.1) is 0 Å². The highest BCUT2D eigenvalue weighted by atomic mass is 32.2. The molecular formula is C49H61N5O8S. The third kappa shape index (κ3) is 10.1. The van der Waals surface area contributed by atoms with Crippen molar-refractivity contribution in [3.8, 4) is 16.9 Å². The van der Waals surface area contributed by atoms with Crippen LogP contribution in [0, 0.1) is 47.3 Å². The zero-order valence-electron chi connectivity index (χ0n) is 37.6. The number of hydrogen-bond donors (Lipinski definition) is 3. The van der Waals surface area contributed by atoms with Crippen LogP contribution in [-0.2, 0) is 33.9 Å². The summed E-state index contributed by atoms with van der Waals surface area (Å²) < 4.78 is 39.6. The van der Waals surface area contributed by atoms with Crippen molar-refractivity contribution in [2.24, 2.45) is 52.3 Å². The number of aromatic amines is 1. The summed E-state index contributed by atoms with van der Waals surface area (Å²) in [6.45, 7) is 14.5. The van der Waals surface area contributed by atoms with Crippen LogP contribution >= 0.6 is 0 Å². The third-order valence-corrected chi connectivity index (χ3v) is 13.9. The number of H-pyrrole nitrogens is 1. The van der Waals surface area contributed by atoms with E-state index in [4.69, 9.17) is 14.5 Å². The molecule has 13 nitrogen and oxygen atoms in total. The number of aliphatic imine (C=N–C) groups is 1. The number of likely N-dealkylation sites (tertiary alicyclic amines) is 1. The summed E-state index contributed by atoms with van der Waals surface area (Å²) in [7, 11) is -3.76. The minimum absolute atomic E-state index is 0.0361. The van der Waals surface area contributed by atoms with Crippen molar-refractivity contribution in [1.82, 2.24) is 14.6 Å². The van der Waals surface area contributed by atoms with Crippen LogP contribution in [0.25, 0.3) is 22.8 Å². The molecule has 2 saturated carbocycles. The number of carbonyl (C=O) groups is 4. The van der Waals surface area contributed by atoms with E-state index < -0.39 is 33.9 Å². The molecule has 63 heavy (non-hydrogen) atoms. The van der Waals surface area contributed by atoms with E-state index in [0.717, 1.165) is 31.9 Å². The molecule has 2 aliphatic carbocycles. The van der Waals surface area contributed by atoms with Gasteiger partial charge in [0.1, 0.15) is 0 Å². The normalized spacial score (nSPS) is 27.6. The van der Waals surface area contributed by atoms with Crippen LogP contribution in [-0.4, -0.2) is 66.7 Å². The molecule has 7 rings (SSSR count). The molecule has 3 heterocycles. The molecule has 3 N–H and O–H groups in total. The molecular weight excluding hydrogens is 819 g/mol. The Morgan fingerprint density at radius 3 is 1.84 bits per heavy atom. The number of rotatable bonds is 11. The van der Waals surface area contributed by atoms with Gasteiger partial charge < -0.3 is 19.8 Å². The molecule has 3 fully saturated rings. The van der Waals surface area contributed by atoms with Crippen molar-refractivity contribution in [2.45, 2.75) is 93.0 Å². The Kier molecular flexibility index (Phi) is 13.6. The van der Waals surface area contributed by atoms with Gasteiger partial charge in [0.05, 0.1) is 46.7 Å². The van der Waals surface area contributed by atoms with E-state index in [0.29, 0.717) is 64.9 Å². The molecule has 336 valence electrons. The first-order valence-corrected chi connectivity index (χ1v) is 24.2. The summed E-state index contributed by atoms with van der Waals surface area (Å²) in [5, 5.41) is 2.81. The van der Waals surface area contributed by atoms with Crippen LogP contribution in [0.15, 0.2) is 77.1 Å². The highest BCUT2D eigenvalue weighted by Crippen LogP contribution is 2.47. The quantitative estimate of drug-likeness (QED) is 0.161. The Bertz CT molecular complexity index is 2420. The number of benzene rings is 2. The minimum atomic E-state index is -3.76. The summed E-state index contributed by atoms with van der Waals surface area (Å²) in [4.78, 5) is 66.1. The van der Waals surface area contributed by atoms with Gasteiger partial charge >= 0.3 is 11.9 Å². The van der Waals surface area contributed by atoms with Crippen LogP contribution in [0.2, 0.25) is 0 Å². The number of nitrogens with zero attached hydrogens (tertiary/aromatic N) is 2. The van der Waals surface area contributed by atoms with Crippen LogP contribution in [0.4, 0.5) is 5.82 Å². The van der Waals surface area contributed by atoms with Gasteiger partial charge in [-0.3, -0.25) is 24.1 Å². The molecule has 14 heteroatoms. The maximum Gasteiger partial charge on any atom is 0.315 e. The molecule has 0 bridgehead atoms. The number of hydrogen-bond acceptors (Lipinski definition) is 9. The fourth-order valence-corrected chi connectivity index (χ4v) is 11.5. The van der Waals surface area contributed by atoms with Gasteiger partial charge in [0, 0.05) is 13.0 Å². The largest absolute Gasteiger partial charge is 0.422 e. The average Bonchev–Trinajstić information content (AvgIpc) is 3.88. The predicted molar refractivity (Wildman–Crippen MR) is 244 cm³/mol. The second-order valence-electron chi connectivity index (χ2n) is 18.7. The van der Waals surface area contributed by atoms with Gasteiger partial charge in [0.2, 0.25) is 21.8 Å². The number of carbonyl (C=O) groups excluding carboxylic acids is 4. The van der Waals surface area contributed by atoms with Gasteiger partial charge in [-0.2, -0.15) is 0 Å². The van der Waals surface area contributed by atoms with E-state index in [9.17, 15) is 27.6 Å². The minimum Gasteiger partial charge on any atom is -0.422 e. The van der Waals surface area contributed by atoms with E-state index in [1.165, 1.54) is 6.92 Å². The zero-order valence-corrected chi connectivity index (χ0v) is 38.4. The Morgan fingerprint density at radius 2 is 1.33 bits per heavy atom. The SMILES string of the molecule is CC1CC(C)C(C(=O)OC2=C(c3ccccc3)C(=Cc3[nH]c(NC(=O)C(C)NS(C)(=O)=O)c(OC(=O)C4C(C)CC(C)CC4C)c3-c3ccccc3)N=C2N2CCCC2=O)C(C)C1. The lowest BCUT2D eigenvalue weighted by atomic mass is 9.69. The molecule has 1 aromatic heterocycles. The van der Waals surface area contributed by atoms with Crippen molar-refractivity contribution < 1.29 is 37.1 Å². The Morgan fingerprint density at radius 1 is 0.810 bits per heavy atom. The Hall–Kier alpha value is -5.34. The van der Waals surface area contributed by atoms with E-state index in [2.05, 4.69) is 56.6 Å². The van der Waals surface area contributed by atoms with Gasteiger partial charge in [-0.05, 0) is 91.7 Å². The first-order chi connectivity index (χ1) is 29.9. The topological polar surface area (TPSA) is 176 Å². The highest BCUT2D eigenvalue weighted by molar-refractivity contribution is 7.88. The number of anilines is 1. The fourth-order valence-electron chi connectivity index (χ4n) is 10.7. The number of amides is 2. The number of nitrogens with one attached hydrogen (secondary N) is 3. The summed E-state index contributed by atoms with van der Waals surface area (Å²) in [5.41, 5.74) is 3.02. The lowest BCUT2D eigenvalue weighted by molar-refractivity contribution is -0.149. The Labute approximate surface area is 371 Å². The molecule has 2 amide bonds. The van der Waals surface area contributed by atoms with E-state index in [1.54, 1.807) is 11.0 Å². The van der Waals surface area contributed by atoms with E-state index in [1.807, 2.05) is 60.7 Å². The molecule has 3 aromatic rings. The number of esters is 2. The summed E-state index contributed by atoms with van der Waals surface area (Å²) in [5.74, 6) is -0.717. The number of sulfonamides is 1. The molecule has 4 aliphatic rings. The predicted octanol–water partition coefficient (Wildman–Crippen LogP) is 8.43. The molecule has 0 radical (unpaired) electrons. The van der Waals surface area contributed by atoms with E-state index >= 15 is 0 Å². The van der Waals surface area contributed by atoms with Crippen LogP contribution in [0.5, 0.6) is 5.75 Å². The molecule has 1 saturated heterocycles. The zero-order chi connectivity index (χ0) is 45.3. The molecule has 2 aliphatic heterocycles. The standard InChI is InChI=1S/C49H61N5O8S/c1-27-22-29(3)39(30(4)23-27)48(57)61-43-41(34-16-11-9-12-17-34)36(50-45(43)52-47(56)33(7)53-63(8,59)60)26-37-42(35-18-13-10-14-19-35)44(46(51-37)54-21-15-20-38(54)55)62-49(58)40-31(5)24-28(2)25-32(40)6/h9-14,16-19,26-33,39-40,50,53H,15,20-25H2,1-8H3,(H,52,56).